The first-order valence-corrected chi connectivity index (χ1v) is 4.01. The van der Waals surface area contributed by atoms with Gasteiger partial charge in [0.05, 0.1) is 5.92 Å². The van der Waals surface area contributed by atoms with Crippen LogP contribution in [0.1, 0.15) is 33.1 Å². The van der Waals surface area contributed by atoms with Crippen LogP contribution in [0, 0.1) is 41.9 Å². The van der Waals surface area contributed by atoms with Crippen molar-refractivity contribution in [2.24, 2.45) is 0 Å². The predicted molar refractivity (Wildman–Crippen MR) is 52.8 cm³/mol. The number of hydrogen-bond donors (Lipinski definition) is 0. The number of hydrogen-bond acceptors (Lipinski definition) is 0. The molecule has 0 amide bonds. The van der Waals surface area contributed by atoms with Gasteiger partial charge in [-0.1, -0.05) is 12.8 Å². The molecule has 1 radical (unpaired) electrons. The Hall–Kier alpha value is -1.32. The largest absolute Gasteiger partial charge is 0.120 e. The van der Waals surface area contributed by atoms with Gasteiger partial charge in [0.25, 0.3) is 0 Å². The molecule has 0 nitrogen and oxygen atoms in total. The minimum atomic E-state index is 0.627. The lowest BCUT2D eigenvalue weighted by molar-refractivity contribution is 1.04. The van der Waals surface area contributed by atoms with Gasteiger partial charge in [0.15, 0.2) is 0 Å². The van der Waals surface area contributed by atoms with Gasteiger partial charge >= 0.3 is 0 Å². The molecule has 0 aliphatic heterocycles. The summed E-state index contributed by atoms with van der Waals surface area (Å²) >= 11 is 0. The molecule has 0 bridgehead atoms. The molecule has 12 heavy (non-hydrogen) atoms. The zero-order valence-electron chi connectivity index (χ0n) is 7.70. The molecule has 0 unspecified atom stereocenters. The highest BCUT2D eigenvalue weighted by molar-refractivity contribution is 5.28. The van der Waals surface area contributed by atoms with Crippen molar-refractivity contribution in [1.82, 2.24) is 0 Å². The summed E-state index contributed by atoms with van der Waals surface area (Å²) in [5.74, 6) is 15.4. The van der Waals surface area contributed by atoms with E-state index in [0.717, 1.165) is 12.3 Å². The van der Waals surface area contributed by atoms with Crippen LogP contribution in [0.3, 0.4) is 0 Å². The van der Waals surface area contributed by atoms with E-state index >= 15 is 0 Å². The maximum absolute atomic E-state index is 5.19. The Morgan fingerprint density at radius 2 is 2.00 bits per heavy atom. The van der Waals surface area contributed by atoms with Crippen molar-refractivity contribution in [2.75, 3.05) is 0 Å². The Bertz CT molecular complexity index is 256. The fraction of sp³-hybridized carbons (Fsp3) is 0.417. The van der Waals surface area contributed by atoms with Gasteiger partial charge in [-0.15, -0.1) is 30.1 Å². The summed E-state index contributed by atoms with van der Waals surface area (Å²) in [5.41, 5.74) is 0. The van der Waals surface area contributed by atoms with E-state index in [0.29, 0.717) is 12.8 Å². The van der Waals surface area contributed by atoms with E-state index in [1.807, 2.05) is 13.8 Å². The minimum Gasteiger partial charge on any atom is -0.120 e. The molecule has 61 valence electrons. The van der Waals surface area contributed by atoms with Gasteiger partial charge in [0.1, 0.15) is 0 Å². The van der Waals surface area contributed by atoms with Crippen LogP contribution in [0.5, 0.6) is 0 Å². The first kappa shape index (κ1) is 10.7. The first-order chi connectivity index (χ1) is 5.85. The lowest BCUT2D eigenvalue weighted by Crippen LogP contribution is -1.90. The summed E-state index contributed by atoms with van der Waals surface area (Å²) in [5, 5.41) is 0. The maximum Gasteiger partial charge on any atom is 0.0715 e. The molecule has 0 aromatic heterocycles. The first-order valence-electron chi connectivity index (χ1n) is 4.01. The molecule has 0 saturated carbocycles. The predicted octanol–water partition coefficient (Wildman–Crippen LogP) is 2.41. The highest BCUT2D eigenvalue weighted by Crippen LogP contribution is 2.07. The molecular weight excluding hydrogens is 144 g/mol. The van der Waals surface area contributed by atoms with E-state index in [9.17, 15) is 0 Å². The Balaban J connectivity index is 4.02. The molecule has 0 aromatic rings. The molecule has 0 aromatic carbocycles. The van der Waals surface area contributed by atoms with Gasteiger partial charge in [0, 0.05) is 19.3 Å². The standard InChI is InChI=1S/C12H13/c1-4-7-10-12(9-6-3)11-8-5-2/h3H,4,9,11H2,1-2H3. The smallest absolute Gasteiger partial charge is 0.0715 e. The zero-order chi connectivity index (χ0) is 9.23. The Kier molecular flexibility index (Phi) is 6.93. The highest BCUT2D eigenvalue weighted by atomic mass is 14.0. The molecule has 0 spiro atoms. The fourth-order valence-electron chi connectivity index (χ4n) is 0.683. The molecule has 0 atom stereocenters. The Morgan fingerprint density at radius 1 is 1.25 bits per heavy atom. The van der Waals surface area contributed by atoms with Crippen LogP contribution in [0.4, 0.5) is 0 Å². The van der Waals surface area contributed by atoms with Crippen LogP contribution in [-0.4, -0.2) is 0 Å². The van der Waals surface area contributed by atoms with Gasteiger partial charge in [-0.25, -0.2) is 0 Å². The quantitative estimate of drug-likeness (QED) is 0.540. The third-order valence-corrected chi connectivity index (χ3v) is 1.24. The van der Waals surface area contributed by atoms with Crippen molar-refractivity contribution in [1.29, 1.82) is 0 Å². The second-order valence-corrected chi connectivity index (χ2v) is 2.24. The van der Waals surface area contributed by atoms with Gasteiger partial charge in [0.2, 0.25) is 0 Å². The molecule has 0 rings (SSSR count). The summed E-state index contributed by atoms with van der Waals surface area (Å²) in [4.78, 5) is 0. The van der Waals surface area contributed by atoms with Crippen LogP contribution in [0.25, 0.3) is 0 Å². The summed E-state index contributed by atoms with van der Waals surface area (Å²) in [7, 11) is 0. The van der Waals surface area contributed by atoms with Crippen molar-refractivity contribution in [2.45, 2.75) is 33.1 Å². The van der Waals surface area contributed by atoms with Crippen molar-refractivity contribution in [3.63, 3.8) is 0 Å². The molecule has 0 heterocycles. The third kappa shape index (κ3) is 5.46. The van der Waals surface area contributed by atoms with Crippen molar-refractivity contribution in [3.05, 3.63) is 5.92 Å². The fourth-order valence-corrected chi connectivity index (χ4v) is 0.683. The van der Waals surface area contributed by atoms with Crippen LogP contribution < -0.4 is 0 Å². The van der Waals surface area contributed by atoms with E-state index in [1.165, 1.54) is 0 Å². The SMILES string of the molecule is C#CC[C](C#CCC)CC#CC. The van der Waals surface area contributed by atoms with Gasteiger partial charge in [-0.05, 0) is 6.92 Å². The van der Waals surface area contributed by atoms with Gasteiger partial charge in [-0.3, -0.25) is 0 Å². The van der Waals surface area contributed by atoms with Crippen molar-refractivity contribution in [3.8, 4) is 36.0 Å². The second-order valence-electron chi connectivity index (χ2n) is 2.24. The lowest BCUT2D eigenvalue weighted by Gasteiger charge is -1.98. The molecule has 0 heteroatoms. The van der Waals surface area contributed by atoms with Crippen LogP contribution in [0.15, 0.2) is 0 Å². The summed E-state index contributed by atoms with van der Waals surface area (Å²) in [6, 6.07) is 0. The van der Waals surface area contributed by atoms with Gasteiger partial charge in [-0.2, -0.15) is 0 Å². The molecule has 0 saturated heterocycles. The van der Waals surface area contributed by atoms with Crippen LogP contribution in [-0.2, 0) is 0 Å². The topological polar surface area (TPSA) is 0 Å². The molecule has 0 fully saturated rings. The average Bonchev–Trinajstić information content (AvgIpc) is 2.10. The van der Waals surface area contributed by atoms with Crippen molar-refractivity contribution >= 4 is 0 Å². The number of terminal acetylenes is 1. The average molecular weight is 157 g/mol. The Morgan fingerprint density at radius 3 is 2.50 bits per heavy atom. The summed E-state index contributed by atoms with van der Waals surface area (Å²) < 4.78 is 0. The van der Waals surface area contributed by atoms with Crippen molar-refractivity contribution < 1.29 is 0 Å². The highest BCUT2D eigenvalue weighted by Gasteiger charge is 2.00. The lowest BCUT2D eigenvalue weighted by atomic mass is 10.0. The molecule has 0 aliphatic rings. The third-order valence-electron chi connectivity index (χ3n) is 1.24. The molecular formula is C12H13. The summed E-state index contributed by atoms with van der Waals surface area (Å²) in [6.07, 6.45) is 7.40. The van der Waals surface area contributed by atoms with E-state index in [-0.39, 0.29) is 0 Å². The van der Waals surface area contributed by atoms with Crippen LogP contribution >= 0.6 is 0 Å². The number of rotatable bonds is 2. The van der Waals surface area contributed by atoms with E-state index in [1.54, 1.807) is 0 Å². The van der Waals surface area contributed by atoms with E-state index in [2.05, 4.69) is 29.6 Å². The molecule has 0 aliphatic carbocycles. The molecule has 0 N–H and O–H groups in total. The zero-order valence-corrected chi connectivity index (χ0v) is 7.70. The monoisotopic (exact) mass is 157 g/mol. The van der Waals surface area contributed by atoms with E-state index in [4.69, 9.17) is 6.42 Å². The van der Waals surface area contributed by atoms with E-state index < -0.39 is 0 Å². The Labute approximate surface area is 75.8 Å². The van der Waals surface area contributed by atoms with Crippen LogP contribution in [0.2, 0.25) is 0 Å². The minimum absolute atomic E-state index is 0.627. The summed E-state index contributed by atoms with van der Waals surface area (Å²) in [6.45, 7) is 3.84. The van der Waals surface area contributed by atoms with Gasteiger partial charge < -0.3 is 0 Å². The second kappa shape index (κ2) is 7.78. The normalized spacial score (nSPS) is 7.50. The maximum atomic E-state index is 5.19.